The molecule has 21 heavy (non-hydrogen) atoms. The third-order valence-electron chi connectivity index (χ3n) is 4.51. The molecule has 2 atom stereocenters. The van der Waals surface area contributed by atoms with Gasteiger partial charge in [-0.15, -0.1) is 0 Å². The van der Waals surface area contributed by atoms with E-state index in [1.807, 2.05) is 0 Å². The lowest BCUT2D eigenvalue weighted by Gasteiger charge is -2.43. The first-order valence-electron chi connectivity index (χ1n) is 8.26. The Kier molecular flexibility index (Phi) is 4.93. The summed E-state index contributed by atoms with van der Waals surface area (Å²) < 4.78 is 11.4. The molecule has 1 saturated carbocycles. The van der Waals surface area contributed by atoms with E-state index in [2.05, 4.69) is 35.3 Å². The van der Waals surface area contributed by atoms with Crippen LogP contribution in [-0.2, 0) is 17.8 Å². The highest BCUT2D eigenvalue weighted by atomic mass is 16.5. The Hall–Kier alpha value is -0.910. The van der Waals surface area contributed by atoms with Crippen LogP contribution in [0.25, 0.3) is 0 Å². The van der Waals surface area contributed by atoms with Crippen molar-refractivity contribution in [1.82, 2.24) is 15.4 Å². The molecule has 2 aliphatic rings. The summed E-state index contributed by atoms with van der Waals surface area (Å²) in [6.45, 7) is 7.75. The first-order valence-corrected chi connectivity index (χ1v) is 8.26. The van der Waals surface area contributed by atoms with Crippen molar-refractivity contribution in [3.05, 3.63) is 17.5 Å². The van der Waals surface area contributed by atoms with Crippen molar-refractivity contribution in [2.24, 2.45) is 0 Å². The van der Waals surface area contributed by atoms with E-state index in [-0.39, 0.29) is 0 Å². The predicted molar refractivity (Wildman–Crippen MR) is 80.9 cm³/mol. The average Bonchev–Trinajstić information content (AvgIpc) is 2.93. The number of nitrogens with one attached hydrogen (secondary N) is 1. The minimum atomic E-state index is 0.428. The van der Waals surface area contributed by atoms with Crippen molar-refractivity contribution in [1.29, 1.82) is 0 Å². The summed E-state index contributed by atoms with van der Waals surface area (Å²) in [4.78, 5) is 2.52. The van der Waals surface area contributed by atoms with Crippen LogP contribution >= 0.6 is 0 Å². The highest BCUT2D eigenvalue weighted by Crippen LogP contribution is 2.29. The van der Waals surface area contributed by atoms with Crippen LogP contribution in [0.3, 0.4) is 0 Å². The minimum Gasteiger partial charge on any atom is -0.375 e. The number of aromatic nitrogens is 1. The number of morpholine rings is 1. The maximum atomic E-state index is 5.92. The zero-order chi connectivity index (χ0) is 14.7. The number of hydrogen-bond donors (Lipinski definition) is 1. The molecule has 0 bridgehead atoms. The molecule has 0 spiro atoms. The summed E-state index contributed by atoms with van der Waals surface area (Å²) in [5, 5.41) is 7.53. The fourth-order valence-corrected chi connectivity index (χ4v) is 3.40. The molecule has 5 nitrogen and oxygen atoms in total. The molecule has 118 valence electrons. The van der Waals surface area contributed by atoms with Gasteiger partial charge >= 0.3 is 0 Å². The normalized spacial score (nSPS) is 27.0. The number of fused-ring (bicyclic) bond motifs is 1. The van der Waals surface area contributed by atoms with Crippen molar-refractivity contribution in [2.45, 2.75) is 70.8 Å². The number of ether oxygens (including phenoxy) is 1. The van der Waals surface area contributed by atoms with Gasteiger partial charge in [-0.2, -0.15) is 0 Å². The van der Waals surface area contributed by atoms with Gasteiger partial charge in [-0.05, 0) is 12.8 Å². The van der Waals surface area contributed by atoms with Gasteiger partial charge < -0.3 is 14.6 Å². The van der Waals surface area contributed by atoms with Crippen LogP contribution in [0, 0.1) is 0 Å². The molecule has 0 amide bonds. The highest BCUT2D eigenvalue weighted by Gasteiger charge is 2.34. The molecule has 1 N–H and O–H groups in total. The average molecular weight is 293 g/mol. The SMILES string of the molecule is CC(C)NCc1cc(CN2CCOC3CCCCC32)on1. The van der Waals surface area contributed by atoms with Crippen molar-refractivity contribution in [3.8, 4) is 0 Å². The van der Waals surface area contributed by atoms with Crippen LogP contribution in [0.2, 0.25) is 0 Å². The number of hydrogen-bond acceptors (Lipinski definition) is 5. The molecule has 1 aliphatic heterocycles. The van der Waals surface area contributed by atoms with Gasteiger partial charge in [0.2, 0.25) is 0 Å². The van der Waals surface area contributed by atoms with Gasteiger partial charge in [0.25, 0.3) is 0 Å². The van der Waals surface area contributed by atoms with E-state index in [4.69, 9.17) is 9.26 Å². The second-order valence-corrected chi connectivity index (χ2v) is 6.55. The second kappa shape index (κ2) is 6.90. The predicted octanol–water partition coefficient (Wildman–Crippen LogP) is 2.32. The summed E-state index contributed by atoms with van der Waals surface area (Å²) in [7, 11) is 0. The second-order valence-electron chi connectivity index (χ2n) is 6.55. The van der Waals surface area contributed by atoms with Gasteiger partial charge in [0, 0.05) is 31.2 Å². The maximum Gasteiger partial charge on any atom is 0.151 e. The van der Waals surface area contributed by atoms with Crippen LogP contribution in [0.1, 0.15) is 51.0 Å². The van der Waals surface area contributed by atoms with E-state index >= 15 is 0 Å². The summed E-state index contributed by atoms with van der Waals surface area (Å²) in [6, 6.07) is 3.12. The van der Waals surface area contributed by atoms with Gasteiger partial charge in [-0.1, -0.05) is 31.8 Å². The third kappa shape index (κ3) is 3.84. The van der Waals surface area contributed by atoms with Crippen molar-refractivity contribution >= 4 is 0 Å². The summed E-state index contributed by atoms with van der Waals surface area (Å²) >= 11 is 0. The van der Waals surface area contributed by atoms with Crippen molar-refractivity contribution in [2.75, 3.05) is 13.2 Å². The topological polar surface area (TPSA) is 50.5 Å². The summed E-state index contributed by atoms with van der Waals surface area (Å²) in [5.41, 5.74) is 0.993. The minimum absolute atomic E-state index is 0.428. The van der Waals surface area contributed by atoms with Crippen LogP contribution < -0.4 is 5.32 Å². The molecule has 1 aliphatic carbocycles. The zero-order valence-corrected chi connectivity index (χ0v) is 13.2. The van der Waals surface area contributed by atoms with Crippen LogP contribution in [0.15, 0.2) is 10.6 Å². The molecule has 2 fully saturated rings. The van der Waals surface area contributed by atoms with E-state index in [9.17, 15) is 0 Å². The van der Waals surface area contributed by atoms with E-state index < -0.39 is 0 Å². The third-order valence-corrected chi connectivity index (χ3v) is 4.51. The lowest BCUT2D eigenvalue weighted by atomic mass is 9.90. The van der Waals surface area contributed by atoms with Crippen molar-refractivity contribution < 1.29 is 9.26 Å². The Morgan fingerprint density at radius 3 is 3.10 bits per heavy atom. The molecule has 3 rings (SSSR count). The van der Waals surface area contributed by atoms with Gasteiger partial charge in [0.1, 0.15) is 0 Å². The lowest BCUT2D eigenvalue weighted by Crippen LogP contribution is -2.52. The van der Waals surface area contributed by atoms with Gasteiger partial charge in [-0.25, -0.2) is 0 Å². The molecule has 1 saturated heterocycles. The molecule has 2 unspecified atom stereocenters. The molecule has 0 aromatic carbocycles. The van der Waals surface area contributed by atoms with Crippen LogP contribution in [0.5, 0.6) is 0 Å². The van der Waals surface area contributed by atoms with Gasteiger partial charge in [-0.3, -0.25) is 4.90 Å². The Morgan fingerprint density at radius 2 is 2.24 bits per heavy atom. The van der Waals surface area contributed by atoms with Crippen LogP contribution in [-0.4, -0.2) is 41.4 Å². The zero-order valence-electron chi connectivity index (χ0n) is 13.2. The largest absolute Gasteiger partial charge is 0.375 e. The quantitative estimate of drug-likeness (QED) is 0.903. The standard InChI is InChI=1S/C16H27N3O2/c1-12(2)17-10-13-9-14(21-18-13)11-19-7-8-20-16-6-4-3-5-15(16)19/h9,12,15-17H,3-8,10-11H2,1-2H3. The van der Waals surface area contributed by atoms with Crippen molar-refractivity contribution in [3.63, 3.8) is 0 Å². The first-order chi connectivity index (χ1) is 10.2. The molecule has 1 aromatic heterocycles. The first kappa shape index (κ1) is 15.0. The smallest absolute Gasteiger partial charge is 0.151 e. The summed E-state index contributed by atoms with van der Waals surface area (Å²) in [5.74, 6) is 0.974. The fourth-order valence-electron chi connectivity index (χ4n) is 3.40. The van der Waals surface area contributed by atoms with Crippen LogP contribution in [0.4, 0.5) is 0 Å². The van der Waals surface area contributed by atoms with Gasteiger partial charge in [0.15, 0.2) is 5.76 Å². The monoisotopic (exact) mass is 293 g/mol. The summed E-state index contributed by atoms with van der Waals surface area (Å²) in [6.07, 6.45) is 5.52. The molecular weight excluding hydrogens is 266 g/mol. The van der Waals surface area contributed by atoms with Gasteiger partial charge in [0.05, 0.1) is 24.9 Å². The Balaban J connectivity index is 1.57. The Labute approximate surface area is 127 Å². The van der Waals surface area contributed by atoms with E-state index in [1.54, 1.807) is 0 Å². The molecule has 2 heterocycles. The maximum absolute atomic E-state index is 5.92. The molecular formula is C16H27N3O2. The molecule has 0 radical (unpaired) electrons. The van der Waals surface area contributed by atoms with E-state index in [0.29, 0.717) is 18.2 Å². The lowest BCUT2D eigenvalue weighted by molar-refractivity contribution is -0.0929. The van der Waals surface area contributed by atoms with E-state index in [1.165, 1.54) is 25.7 Å². The molecule has 5 heteroatoms. The van der Waals surface area contributed by atoms with E-state index in [0.717, 1.165) is 37.7 Å². The number of rotatable bonds is 5. The Bertz CT molecular complexity index is 444. The number of nitrogens with zero attached hydrogens (tertiary/aromatic N) is 2. The Morgan fingerprint density at radius 1 is 1.38 bits per heavy atom. The highest BCUT2D eigenvalue weighted by molar-refractivity contribution is 5.06. The molecule has 1 aromatic rings. The fraction of sp³-hybridized carbons (Fsp3) is 0.812.